The van der Waals surface area contributed by atoms with E-state index in [9.17, 15) is 14.4 Å². The van der Waals surface area contributed by atoms with Crippen LogP contribution in [-0.4, -0.2) is 77.5 Å². The Labute approximate surface area is 249 Å². The van der Waals surface area contributed by atoms with E-state index < -0.39 is 6.04 Å². The van der Waals surface area contributed by atoms with E-state index in [-0.39, 0.29) is 30.1 Å². The van der Waals surface area contributed by atoms with Gasteiger partial charge in [-0.15, -0.1) is 11.8 Å². The maximum absolute atomic E-state index is 12.8. The maximum atomic E-state index is 12.8. The van der Waals surface area contributed by atoms with Crippen LogP contribution in [0.25, 0.3) is 6.08 Å². The Morgan fingerprint density at radius 2 is 1.90 bits per heavy atom. The van der Waals surface area contributed by atoms with Crippen molar-refractivity contribution in [3.05, 3.63) is 77.0 Å². The van der Waals surface area contributed by atoms with Crippen molar-refractivity contribution >= 4 is 54.2 Å². The number of carbonyl (C=O) groups is 4. The summed E-state index contributed by atoms with van der Waals surface area (Å²) in [5.41, 5.74) is 3.59. The highest BCUT2D eigenvalue weighted by Crippen LogP contribution is 2.40. The van der Waals surface area contributed by atoms with Gasteiger partial charge in [-0.3, -0.25) is 24.1 Å². The first-order valence-electron chi connectivity index (χ1n) is 12.8. The largest absolute Gasteiger partial charge is 0.496 e. The highest BCUT2D eigenvalue weighted by atomic mass is 32.2. The first-order chi connectivity index (χ1) is 19.8. The molecule has 0 radical (unpaired) electrons. The van der Waals surface area contributed by atoms with E-state index in [1.54, 1.807) is 35.9 Å². The molecular formula is C30H36N2O7S2. The van der Waals surface area contributed by atoms with Crippen LogP contribution in [-0.2, 0) is 25.6 Å². The number of β-lactam (4-membered cyclic amide) rings is 1. The van der Waals surface area contributed by atoms with Gasteiger partial charge in [0.25, 0.3) is 12.4 Å². The maximum Gasteiger partial charge on any atom is 0.290 e. The lowest BCUT2D eigenvalue weighted by atomic mass is 10.0. The quantitative estimate of drug-likeness (QED) is 0.234. The Hall–Kier alpha value is -3.70. The van der Waals surface area contributed by atoms with Crippen LogP contribution in [0, 0.1) is 0 Å². The predicted molar refractivity (Wildman–Crippen MR) is 164 cm³/mol. The number of aldehydes is 1. The summed E-state index contributed by atoms with van der Waals surface area (Å²) in [7, 11) is 1.56. The average Bonchev–Trinajstić information content (AvgIpc) is 2.99. The molecule has 0 saturated carbocycles. The monoisotopic (exact) mass is 600 g/mol. The van der Waals surface area contributed by atoms with Crippen LogP contribution in [0.1, 0.15) is 25.0 Å². The standard InChI is InChI=1S/C26H26N2O5S.C3H8S.CH2O2/c1-17-20(15-33-21-11-10-19(9-6-12-29)22(14-21)32-2)16-34-26-24(25(31)28(17)26)27-23(30)13-18-7-4-3-5-8-18;1-3-4-2;2-1-3/h3-12,14,24,26H,13,15-16H2,1-2H3,(H,27,30);3H2,1-2H3;1H,(H,2,3)/b9-6-;;. The van der Waals surface area contributed by atoms with E-state index in [4.69, 9.17) is 19.4 Å². The molecule has 2 N–H and O–H groups in total. The molecule has 2 aliphatic rings. The summed E-state index contributed by atoms with van der Waals surface area (Å²) >= 11 is 3.48. The molecule has 1 fully saturated rings. The number of rotatable bonds is 10. The SMILES string of the molecule is CCSC.COc1cc(OCC2=C(C)N3C(=O)C(NC(=O)Cc4ccccc4)C3SC2)ccc1/C=C\C=O.O=CO. The van der Waals surface area contributed by atoms with Gasteiger partial charge >= 0.3 is 0 Å². The van der Waals surface area contributed by atoms with Gasteiger partial charge in [0.15, 0.2) is 0 Å². The van der Waals surface area contributed by atoms with Crippen LogP contribution in [0.5, 0.6) is 11.5 Å². The number of thioether (sulfide) groups is 2. The number of hydrogen-bond acceptors (Lipinski definition) is 8. The predicted octanol–water partition coefficient (Wildman–Crippen LogP) is 4.27. The normalized spacial score (nSPS) is 17.2. The second-order valence-electron chi connectivity index (χ2n) is 8.68. The van der Waals surface area contributed by atoms with Crippen molar-refractivity contribution < 1.29 is 33.8 Å². The molecule has 220 valence electrons. The first kappa shape index (κ1) is 33.5. The molecule has 2 aromatic carbocycles. The molecule has 2 aliphatic heterocycles. The molecule has 4 rings (SSSR count). The lowest BCUT2D eigenvalue weighted by Crippen LogP contribution is -2.69. The Morgan fingerprint density at radius 3 is 2.51 bits per heavy atom. The Morgan fingerprint density at radius 1 is 1.22 bits per heavy atom. The number of carboxylic acid groups (broad SMARTS) is 1. The van der Waals surface area contributed by atoms with E-state index in [1.807, 2.05) is 61.2 Å². The zero-order valence-corrected chi connectivity index (χ0v) is 25.2. The summed E-state index contributed by atoms with van der Waals surface area (Å²) in [4.78, 5) is 45.9. The fourth-order valence-electron chi connectivity index (χ4n) is 3.97. The van der Waals surface area contributed by atoms with Crippen molar-refractivity contribution in [3.8, 4) is 11.5 Å². The van der Waals surface area contributed by atoms with Crippen molar-refractivity contribution in [2.75, 3.05) is 31.5 Å². The fraction of sp³-hybridized carbons (Fsp3) is 0.333. The Kier molecular flexibility index (Phi) is 14.6. The summed E-state index contributed by atoms with van der Waals surface area (Å²) in [6.45, 7) is 4.15. The van der Waals surface area contributed by atoms with Crippen LogP contribution >= 0.6 is 23.5 Å². The van der Waals surface area contributed by atoms with Crippen molar-refractivity contribution in [2.45, 2.75) is 31.7 Å². The van der Waals surface area contributed by atoms with Crippen LogP contribution in [0.2, 0.25) is 0 Å². The van der Waals surface area contributed by atoms with Crippen LogP contribution < -0.4 is 14.8 Å². The zero-order valence-electron chi connectivity index (χ0n) is 23.6. The fourth-order valence-corrected chi connectivity index (χ4v) is 5.42. The van der Waals surface area contributed by atoms with Gasteiger partial charge in [-0.05, 0) is 54.4 Å². The van der Waals surface area contributed by atoms with Crippen molar-refractivity contribution in [1.29, 1.82) is 0 Å². The molecule has 2 aromatic rings. The minimum atomic E-state index is -0.505. The van der Waals surface area contributed by atoms with E-state index in [0.29, 0.717) is 30.1 Å². The first-order valence-corrected chi connectivity index (χ1v) is 15.2. The minimum Gasteiger partial charge on any atom is -0.496 e. The van der Waals surface area contributed by atoms with E-state index in [2.05, 4.69) is 18.5 Å². The minimum absolute atomic E-state index is 0.0957. The lowest BCUT2D eigenvalue weighted by Gasteiger charge is -2.50. The summed E-state index contributed by atoms with van der Waals surface area (Å²) in [6, 6.07) is 14.4. The summed E-state index contributed by atoms with van der Waals surface area (Å²) in [6.07, 6.45) is 6.14. The van der Waals surface area contributed by atoms with Gasteiger partial charge in [0, 0.05) is 23.1 Å². The average molecular weight is 601 g/mol. The number of methoxy groups -OCH3 is 1. The third-order valence-corrected chi connectivity index (χ3v) is 8.05. The molecule has 1 saturated heterocycles. The molecule has 41 heavy (non-hydrogen) atoms. The van der Waals surface area contributed by atoms with Crippen LogP contribution in [0.4, 0.5) is 0 Å². The summed E-state index contributed by atoms with van der Waals surface area (Å²) in [5.74, 6) is 2.94. The highest BCUT2D eigenvalue weighted by molar-refractivity contribution is 8.00. The Balaban J connectivity index is 0.000000759. The third-order valence-electron chi connectivity index (χ3n) is 6.13. The Bertz CT molecular complexity index is 1230. The third kappa shape index (κ3) is 9.72. The van der Waals surface area contributed by atoms with Crippen LogP contribution in [0.3, 0.4) is 0 Å². The van der Waals surface area contributed by atoms with Crippen molar-refractivity contribution in [2.24, 2.45) is 0 Å². The van der Waals surface area contributed by atoms with Gasteiger partial charge in [-0.25, -0.2) is 0 Å². The van der Waals surface area contributed by atoms with Gasteiger partial charge < -0.3 is 19.9 Å². The number of hydrogen-bond donors (Lipinski definition) is 2. The molecule has 11 heteroatoms. The van der Waals surface area contributed by atoms with Crippen LogP contribution in [0.15, 0.2) is 65.9 Å². The van der Waals surface area contributed by atoms with Crippen molar-refractivity contribution in [1.82, 2.24) is 10.2 Å². The number of amides is 2. The zero-order chi connectivity index (χ0) is 30.2. The molecule has 0 aliphatic carbocycles. The summed E-state index contributed by atoms with van der Waals surface area (Å²) < 4.78 is 11.3. The number of fused-ring (bicyclic) bond motifs is 1. The molecule has 2 heterocycles. The number of nitrogens with zero attached hydrogens (tertiary/aromatic N) is 1. The molecule has 9 nitrogen and oxygen atoms in total. The number of carbonyl (C=O) groups excluding carboxylic acids is 3. The molecule has 0 aromatic heterocycles. The molecule has 0 bridgehead atoms. The highest BCUT2D eigenvalue weighted by Gasteiger charge is 2.51. The number of allylic oxidation sites excluding steroid dienone is 2. The molecular weight excluding hydrogens is 564 g/mol. The number of ether oxygens (including phenoxy) is 2. The van der Waals surface area contributed by atoms with Crippen molar-refractivity contribution in [3.63, 3.8) is 0 Å². The van der Waals surface area contributed by atoms with E-state index in [0.717, 1.165) is 22.4 Å². The van der Waals surface area contributed by atoms with Gasteiger partial charge in [-0.1, -0.05) is 37.3 Å². The lowest BCUT2D eigenvalue weighted by molar-refractivity contribution is -0.145. The van der Waals surface area contributed by atoms with Gasteiger partial charge in [0.2, 0.25) is 5.91 Å². The molecule has 2 amide bonds. The van der Waals surface area contributed by atoms with Gasteiger partial charge in [-0.2, -0.15) is 11.8 Å². The van der Waals surface area contributed by atoms with E-state index in [1.165, 1.54) is 11.8 Å². The molecule has 2 atom stereocenters. The second kappa shape index (κ2) is 17.9. The number of nitrogens with one attached hydrogen (secondary N) is 1. The second-order valence-corrected chi connectivity index (χ2v) is 10.9. The molecule has 2 unspecified atom stereocenters. The van der Waals surface area contributed by atoms with E-state index >= 15 is 0 Å². The van der Waals surface area contributed by atoms with Gasteiger partial charge in [0.05, 0.1) is 13.5 Å². The number of benzene rings is 2. The molecule has 0 spiro atoms. The topological polar surface area (TPSA) is 122 Å². The van der Waals surface area contributed by atoms with Gasteiger partial charge in [0.1, 0.15) is 35.8 Å². The smallest absolute Gasteiger partial charge is 0.290 e. The summed E-state index contributed by atoms with van der Waals surface area (Å²) in [5, 5.41) is 9.69.